The Morgan fingerprint density at radius 3 is 2.48 bits per heavy atom. The van der Waals surface area contributed by atoms with Gasteiger partial charge in [-0.25, -0.2) is 13.4 Å². The van der Waals surface area contributed by atoms with Crippen LogP contribution in [0.15, 0.2) is 48.7 Å². The van der Waals surface area contributed by atoms with Crippen molar-refractivity contribution in [3.8, 4) is 5.88 Å². The summed E-state index contributed by atoms with van der Waals surface area (Å²) in [5.41, 5.74) is 1.25. The number of hydrogen-bond acceptors (Lipinski definition) is 6. The Bertz CT molecular complexity index is 986. The lowest BCUT2D eigenvalue weighted by molar-refractivity contribution is -0.154. The zero-order valence-corrected chi connectivity index (χ0v) is 17.3. The predicted molar refractivity (Wildman–Crippen MR) is 107 cm³/mol. The highest BCUT2D eigenvalue weighted by atomic mass is 32.2. The van der Waals surface area contributed by atoms with Crippen molar-refractivity contribution in [2.75, 3.05) is 31.2 Å². The SMILES string of the molecule is O=C(NCc1ccnc(OCC(F)(F)F)c1)C(c1ccccc1)N1CCS(=O)(=O)CC1. The maximum atomic E-state index is 13.0. The maximum Gasteiger partial charge on any atom is 0.422 e. The highest BCUT2D eigenvalue weighted by Crippen LogP contribution is 2.23. The van der Waals surface area contributed by atoms with Crippen molar-refractivity contribution in [3.05, 3.63) is 59.8 Å². The first kappa shape index (κ1) is 23.0. The van der Waals surface area contributed by atoms with Crippen LogP contribution in [0.25, 0.3) is 0 Å². The van der Waals surface area contributed by atoms with E-state index in [1.165, 1.54) is 12.3 Å². The molecule has 0 bridgehead atoms. The fourth-order valence-corrected chi connectivity index (χ4v) is 4.46. The molecule has 1 fully saturated rings. The Labute approximate surface area is 178 Å². The summed E-state index contributed by atoms with van der Waals surface area (Å²) >= 11 is 0. The van der Waals surface area contributed by atoms with Crippen molar-refractivity contribution in [1.29, 1.82) is 0 Å². The second-order valence-electron chi connectivity index (χ2n) is 7.12. The molecule has 1 aromatic heterocycles. The van der Waals surface area contributed by atoms with Gasteiger partial charge in [0.1, 0.15) is 6.04 Å². The van der Waals surface area contributed by atoms with Crippen LogP contribution in [-0.2, 0) is 21.2 Å². The lowest BCUT2D eigenvalue weighted by Gasteiger charge is -2.33. The molecule has 1 saturated heterocycles. The Kier molecular flexibility index (Phi) is 7.16. The number of sulfone groups is 1. The number of aromatic nitrogens is 1. The van der Waals surface area contributed by atoms with E-state index >= 15 is 0 Å². The number of amides is 1. The molecular weight excluding hydrogens is 435 g/mol. The van der Waals surface area contributed by atoms with Crippen LogP contribution in [-0.4, -0.2) is 61.6 Å². The molecule has 2 aromatic rings. The van der Waals surface area contributed by atoms with Gasteiger partial charge in [-0.1, -0.05) is 30.3 Å². The molecule has 0 aliphatic carbocycles. The highest BCUT2D eigenvalue weighted by Gasteiger charge is 2.32. The number of pyridine rings is 1. The number of rotatable bonds is 7. The standard InChI is InChI=1S/C20H22F3N3O4S/c21-20(22,23)14-30-17-12-15(6-7-24-17)13-25-19(27)18(16-4-2-1-3-5-16)26-8-10-31(28,29)11-9-26/h1-7,12,18H,8-11,13-14H2,(H,25,27). The minimum absolute atomic E-state index is 0.0200. The van der Waals surface area contributed by atoms with Gasteiger partial charge in [0.25, 0.3) is 0 Å². The third kappa shape index (κ3) is 6.93. The van der Waals surface area contributed by atoms with Crippen molar-refractivity contribution in [2.45, 2.75) is 18.8 Å². The summed E-state index contributed by atoms with van der Waals surface area (Å²) in [7, 11) is -3.11. The molecule has 0 saturated carbocycles. The Balaban J connectivity index is 1.68. The van der Waals surface area contributed by atoms with Gasteiger partial charge in [-0.2, -0.15) is 13.2 Å². The molecule has 3 rings (SSSR count). The van der Waals surface area contributed by atoms with Gasteiger partial charge in [-0.05, 0) is 17.2 Å². The number of alkyl halides is 3. The van der Waals surface area contributed by atoms with Crippen LogP contribution in [0, 0.1) is 0 Å². The van der Waals surface area contributed by atoms with Crippen molar-refractivity contribution in [2.24, 2.45) is 0 Å². The van der Waals surface area contributed by atoms with Crippen LogP contribution >= 0.6 is 0 Å². The number of carbonyl (C=O) groups is 1. The van der Waals surface area contributed by atoms with E-state index in [1.807, 2.05) is 11.0 Å². The zero-order chi connectivity index (χ0) is 22.5. The summed E-state index contributed by atoms with van der Waals surface area (Å²) < 4.78 is 65.1. The number of halogens is 3. The normalized spacial score (nSPS) is 17.6. The molecule has 7 nitrogen and oxygen atoms in total. The highest BCUT2D eigenvalue weighted by molar-refractivity contribution is 7.91. The van der Waals surface area contributed by atoms with E-state index in [0.29, 0.717) is 5.56 Å². The van der Waals surface area contributed by atoms with E-state index in [2.05, 4.69) is 15.0 Å². The Morgan fingerprint density at radius 1 is 1.16 bits per heavy atom. The van der Waals surface area contributed by atoms with Crippen LogP contribution in [0.1, 0.15) is 17.2 Å². The van der Waals surface area contributed by atoms with E-state index in [-0.39, 0.29) is 42.9 Å². The lowest BCUT2D eigenvalue weighted by atomic mass is 10.0. The number of nitrogens with one attached hydrogen (secondary N) is 1. The number of carbonyl (C=O) groups excluding carboxylic acids is 1. The quantitative estimate of drug-likeness (QED) is 0.685. The molecular formula is C20H22F3N3O4S. The number of benzene rings is 1. The van der Waals surface area contributed by atoms with Crippen LogP contribution in [0.2, 0.25) is 0 Å². The largest absolute Gasteiger partial charge is 0.468 e. The van der Waals surface area contributed by atoms with E-state index in [0.717, 1.165) is 5.56 Å². The molecule has 168 valence electrons. The first-order chi connectivity index (χ1) is 14.6. The van der Waals surface area contributed by atoms with E-state index < -0.39 is 28.7 Å². The van der Waals surface area contributed by atoms with Crippen molar-refractivity contribution < 1.29 is 31.1 Å². The van der Waals surface area contributed by atoms with Crippen LogP contribution in [0.3, 0.4) is 0 Å². The van der Waals surface area contributed by atoms with Gasteiger partial charge in [0, 0.05) is 31.9 Å². The van der Waals surface area contributed by atoms with E-state index in [4.69, 9.17) is 0 Å². The number of hydrogen-bond donors (Lipinski definition) is 1. The summed E-state index contributed by atoms with van der Waals surface area (Å²) in [5.74, 6) is -0.563. The van der Waals surface area contributed by atoms with Crippen molar-refractivity contribution in [1.82, 2.24) is 15.2 Å². The number of ether oxygens (including phenoxy) is 1. The topological polar surface area (TPSA) is 88.6 Å². The summed E-state index contributed by atoms with van der Waals surface area (Å²) in [4.78, 5) is 18.6. The molecule has 1 unspecified atom stereocenters. The average molecular weight is 457 g/mol. The molecule has 0 radical (unpaired) electrons. The van der Waals surface area contributed by atoms with E-state index in [1.54, 1.807) is 30.3 Å². The number of nitrogens with zero attached hydrogens (tertiary/aromatic N) is 2. The van der Waals surface area contributed by atoms with Crippen LogP contribution in [0.5, 0.6) is 5.88 Å². The lowest BCUT2D eigenvalue weighted by Crippen LogP contribution is -2.47. The molecule has 1 aromatic carbocycles. The van der Waals surface area contributed by atoms with Gasteiger partial charge in [0.15, 0.2) is 16.4 Å². The summed E-state index contributed by atoms with van der Waals surface area (Å²) in [6.07, 6.45) is -3.17. The molecule has 0 spiro atoms. The first-order valence-corrected chi connectivity index (χ1v) is 11.4. The third-order valence-electron chi connectivity index (χ3n) is 4.76. The molecule has 1 atom stereocenters. The van der Waals surface area contributed by atoms with Gasteiger partial charge in [-0.3, -0.25) is 9.69 Å². The summed E-state index contributed by atoms with van der Waals surface area (Å²) in [6, 6.07) is 11.2. The summed E-state index contributed by atoms with van der Waals surface area (Å²) in [5, 5.41) is 2.78. The smallest absolute Gasteiger partial charge is 0.422 e. The van der Waals surface area contributed by atoms with Gasteiger partial charge >= 0.3 is 6.18 Å². The Morgan fingerprint density at radius 2 is 1.84 bits per heavy atom. The van der Waals surface area contributed by atoms with Crippen LogP contribution in [0.4, 0.5) is 13.2 Å². The van der Waals surface area contributed by atoms with Gasteiger partial charge in [0.05, 0.1) is 11.5 Å². The van der Waals surface area contributed by atoms with Gasteiger partial charge in [-0.15, -0.1) is 0 Å². The van der Waals surface area contributed by atoms with E-state index in [9.17, 15) is 26.4 Å². The van der Waals surface area contributed by atoms with Crippen molar-refractivity contribution in [3.63, 3.8) is 0 Å². The second-order valence-corrected chi connectivity index (χ2v) is 9.43. The van der Waals surface area contributed by atoms with Crippen LogP contribution < -0.4 is 10.1 Å². The monoisotopic (exact) mass is 457 g/mol. The minimum Gasteiger partial charge on any atom is -0.468 e. The average Bonchev–Trinajstić information content (AvgIpc) is 2.73. The first-order valence-electron chi connectivity index (χ1n) is 9.55. The third-order valence-corrected chi connectivity index (χ3v) is 6.37. The minimum atomic E-state index is -4.48. The van der Waals surface area contributed by atoms with Gasteiger partial charge in [0.2, 0.25) is 11.8 Å². The molecule has 2 heterocycles. The maximum absolute atomic E-state index is 13.0. The Hall–Kier alpha value is -2.66. The summed E-state index contributed by atoms with van der Waals surface area (Å²) in [6.45, 7) is -0.928. The molecule has 11 heteroatoms. The molecule has 1 aliphatic rings. The second kappa shape index (κ2) is 9.65. The molecule has 1 amide bonds. The fourth-order valence-electron chi connectivity index (χ4n) is 3.23. The van der Waals surface area contributed by atoms with Gasteiger partial charge < -0.3 is 10.1 Å². The molecule has 31 heavy (non-hydrogen) atoms. The van der Waals surface area contributed by atoms with Crippen molar-refractivity contribution >= 4 is 15.7 Å². The molecule has 1 N–H and O–H groups in total. The molecule has 1 aliphatic heterocycles. The predicted octanol–water partition coefficient (Wildman–Crippen LogP) is 2.11. The fraction of sp³-hybridized carbons (Fsp3) is 0.400. The zero-order valence-electron chi connectivity index (χ0n) is 16.5.